The molecule has 2 aromatic carbocycles. The normalized spacial score (nSPS) is 16.2. The Labute approximate surface area is 194 Å². The molecule has 8 heteroatoms. The van der Waals surface area contributed by atoms with Crippen LogP contribution in [0.15, 0.2) is 81.6 Å². The molecular formula is C24H20N2O4S2. The highest BCUT2D eigenvalue weighted by Gasteiger charge is 2.32. The van der Waals surface area contributed by atoms with E-state index >= 15 is 0 Å². The molecule has 0 fully saturated rings. The minimum absolute atomic E-state index is 0.296. The number of para-hydroxylation sites is 2. The van der Waals surface area contributed by atoms with Crippen LogP contribution in [-0.2, 0) is 19.2 Å². The van der Waals surface area contributed by atoms with Gasteiger partial charge in [-0.1, -0.05) is 24.3 Å². The lowest BCUT2D eigenvalue weighted by atomic mass is 10.3. The van der Waals surface area contributed by atoms with Gasteiger partial charge in [-0.3, -0.25) is 19.2 Å². The van der Waals surface area contributed by atoms with Crippen molar-refractivity contribution in [2.24, 2.45) is 0 Å². The van der Waals surface area contributed by atoms with Gasteiger partial charge in [-0.05, 0) is 38.1 Å². The van der Waals surface area contributed by atoms with Crippen LogP contribution in [0.4, 0.5) is 11.4 Å². The lowest BCUT2D eigenvalue weighted by molar-refractivity contribution is -0.121. The third-order valence-corrected chi connectivity index (χ3v) is 7.40. The first-order valence-corrected chi connectivity index (χ1v) is 11.9. The fourth-order valence-corrected chi connectivity index (χ4v) is 5.53. The summed E-state index contributed by atoms with van der Waals surface area (Å²) in [5.41, 5.74) is 2.03. The zero-order chi connectivity index (χ0) is 22.8. The summed E-state index contributed by atoms with van der Waals surface area (Å²) in [5, 5.41) is 0. The van der Waals surface area contributed by atoms with Gasteiger partial charge in [0.1, 0.15) is 0 Å². The predicted octanol–water partition coefficient (Wildman–Crippen LogP) is 4.21. The number of imide groups is 2. The predicted molar refractivity (Wildman–Crippen MR) is 127 cm³/mol. The number of nitrogens with zero attached hydrogens (tertiary/aromatic N) is 2. The van der Waals surface area contributed by atoms with Gasteiger partial charge in [-0.25, -0.2) is 9.80 Å². The number of hydrogen-bond donors (Lipinski definition) is 0. The van der Waals surface area contributed by atoms with Crippen molar-refractivity contribution in [2.75, 3.05) is 21.3 Å². The number of carbonyl (C=O) groups is 4. The van der Waals surface area contributed by atoms with Crippen molar-refractivity contribution in [3.63, 3.8) is 0 Å². The molecule has 0 radical (unpaired) electrons. The van der Waals surface area contributed by atoms with Crippen molar-refractivity contribution >= 4 is 58.5 Å². The molecule has 2 aliphatic heterocycles. The zero-order valence-electron chi connectivity index (χ0n) is 17.5. The highest BCUT2D eigenvalue weighted by atomic mass is 32.2. The molecule has 2 heterocycles. The standard InChI is InChI=1S/C24H20N2O4S2/c1-15-13-21(27)25(23(15)29)17-7-3-5-9-19(17)31-11-12-32-20-10-6-4-8-18(20)26-22(28)14-16(2)24(26)30/h3-10,13-14H,11-12H2,1-2H3. The summed E-state index contributed by atoms with van der Waals surface area (Å²) in [7, 11) is 0. The molecule has 0 saturated heterocycles. The second kappa shape index (κ2) is 9.18. The van der Waals surface area contributed by atoms with Gasteiger partial charge in [0.25, 0.3) is 23.6 Å². The fraction of sp³-hybridized carbons (Fsp3) is 0.167. The molecule has 0 spiro atoms. The third-order valence-electron chi connectivity index (χ3n) is 5.01. The molecule has 0 atom stereocenters. The van der Waals surface area contributed by atoms with Crippen molar-refractivity contribution in [1.29, 1.82) is 0 Å². The Hall–Kier alpha value is -3.10. The topological polar surface area (TPSA) is 74.8 Å². The molecule has 162 valence electrons. The Morgan fingerprint density at radius 3 is 1.34 bits per heavy atom. The van der Waals surface area contributed by atoms with Crippen LogP contribution in [0.3, 0.4) is 0 Å². The van der Waals surface area contributed by atoms with Gasteiger partial charge < -0.3 is 0 Å². The second-order valence-corrected chi connectivity index (χ2v) is 9.52. The van der Waals surface area contributed by atoms with E-state index in [2.05, 4.69) is 0 Å². The van der Waals surface area contributed by atoms with Gasteiger partial charge >= 0.3 is 0 Å². The van der Waals surface area contributed by atoms with Crippen LogP contribution in [0.25, 0.3) is 0 Å². The molecule has 0 N–H and O–H groups in total. The van der Waals surface area contributed by atoms with E-state index in [9.17, 15) is 19.2 Å². The molecule has 0 bridgehead atoms. The minimum Gasteiger partial charge on any atom is -0.269 e. The van der Waals surface area contributed by atoms with E-state index in [1.807, 2.05) is 24.3 Å². The summed E-state index contributed by atoms with van der Waals surface area (Å²) in [5.74, 6) is 0.168. The van der Waals surface area contributed by atoms with Gasteiger partial charge in [0, 0.05) is 44.6 Å². The maximum absolute atomic E-state index is 12.4. The molecule has 2 aliphatic rings. The Balaban J connectivity index is 1.43. The van der Waals surface area contributed by atoms with Crippen molar-refractivity contribution in [1.82, 2.24) is 0 Å². The highest BCUT2D eigenvalue weighted by molar-refractivity contribution is 8.03. The van der Waals surface area contributed by atoms with Gasteiger partial charge in [-0.15, -0.1) is 23.5 Å². The molecule has 0 aromatic heterocycles. The molecule has 0 unspecified atom stereocenters. The molecule has 6 nitrogen and oxygen atoms in total. The lowest BCUT2D eigenvalue weighted by Crippen LogP contribution is -2.31. The number of rotatable bonds is 7. The smallest absolute Gasteiger partial charge is 0.261 e. The van der Waals surface area contributed by atoms with Crippen LogP contribution in [0.5, 0.6) is 0 Å². The van der Waals surface area contributed by atoms with Crippen LogP contribution in [0.2, 0.25) is 0 Å². The average molecular weight is 465 g/mol. The maximum Gasteiger partial charge on any atom is 0.261 e. The molecular weight excluding hydrogens is 444 g/mol. The Kier molecular flexibility index (Phi) is 6.34. The Bertz CT molecular complexity index is 1110. The average Bonchev–Trinajstić information content (AvgIpc) is 3.18. The van der Waals surface area contributed by atoms with E-state index in [-0.39, 0.29) is 23.6 Å². The number of thioether (sulfide) groups is 2. The third kappa shape index (κ3) is 4.16. The molecule has 4 amide bonds. The van der Waals surface area contributed by atoms with Crippen LogP contribution in [0, 0.1) is 0 Å². The van der Waals surface area contributed by atoms with Crippen LogP contribution in [-0.4, -0.2) is 35.1 Å². The van der Waals surface area contributed by atoms with Crippen LogP contribution < -0.4 is 9.80 Å². The monoisotopic (exact) mass is 464 g/mol. The summed E-state index contributed by atoms with van der Waals surface area (Å²) >= 11 is 3.10. The van der Waals surface area contributed by atoms with Gasteiger partial charge in [-0.2, -0.15) is 0 Å². The number of carbonyl (C=O) groups excluding carboxylic acids is 4. The number of anilines is 2. The summed E-state index contributed by atoms with van der Waals surface area (Å²) in [6.45, 7) is 3.27. The number of hydrogen-bond acceptors (Lipinski definition) is 6. The summed E-state index contributed by atoms with van der Waals surface area (Å²) in [4.78, 5) is 53.4. The van der Waals surface area contributed by atoms with Crippen molar-refractivity contribution < 1.29 is 19.2 Å². The van der Waals surface area contributed by atoms with Gasteiger partial charge in [0.05, 0.1) is 11.4 Å². The zero-order valence-corrected chi connectivity index (χ0v) is 19.2. The second-order valence-electron chi connectivity index (χ2n) is 7.24. The van der Waals surface area contributed by atoms with Crippen molar-refractivity contribution in [2.45, 2.75) is 23.6 Å². The van der Waals surface area contributed by atoms with E-state index in [0.717, 1.165) is 9.79 Å². The molecule has 0 saturated carbocycles. The van der Waals surface area contributed by atoms with Crippen molar-refractivity contribution in [3.05, 3.63) is 71.8 Å². The fourth-order valence-electron chi connectivity index (χ4n) is 3.46. The van der Waals surface area contributed by atoms with Crippen molar-refractivity contribution in [3.8, 4) is 0 Å². The van der Waals surface area contributed by atoms with Crippen LogP contribution in [0.1, 0.15) is 13.8 Å². The van der Waals surface area contributed by atoms with E-state index in [1.165, 1.54) is 22.0 Å². The maximum atomic E-state index is 12.4. The number of benzene rings is 2. The number of amides is 4. The lowest BCUT2D eigenvalue weighted by Gasteiger charge is -2.19. The SMILES string of the molecule is CC1=CC(=O)N(c2ccccc2SCCSc2ccccc2N2C(=O)C=C(C)C2=O)C1=O. The summed E-state index contributed by atoms with van der Waals surface area (Å²) < 4.78 is 0. The quantitative estimate of drug-likeness (QED) is 0.347. The summed E-state index contributed by atoms with van der Waals surface area (Å²) in [6, 6.07) is 14.7. The highest BCUT2D eigenvalue weighted by Crippen LogP contribution is 2.36. The first-order chi connectivity index (χ1) is 15.4. The van der Waals surface area contributed by atoms with Gasteiger partial charge in [0.15, 0.2) is 0 Å². The molecule has 2 aromatic rings. The minimum atomic E-state index is -0.326. The first-order valence-electron chi connectivity index (χ1n) is 9.95. The van der Waals surface area contributed by atoms with E-state index in [4.69, 9.17) is 0 Å². The van der Waals surface area contributed by atoms with E-state index in [1.54, 1.807) is 61.6 Å². The Morgan fingerprint density at radius 1 is 0.625 bits per heavy atom. The molecule has 0 aliphatic carbocycles. The van der Waals surface area contributed by atoms with Gasteiger partial charge in [0.2, 0.25) is 0 Å². The molecule has 32 heavy (non-hydrogen) atoms. The first kappa shape index (κ1) is 22.1. The van der Waals surface area contributed by atoms with E-state index < -0.39 is 0 Å². The molecule has 4 rings (SSSR count). The van der Waals surface area contributed by atoms with E-state index in [0.29, 0.717) is 34.0 Å². The summed E-state index contributed by atoms with van der Waals surface area (Å²) in [6.07, 6.45) is 2.71. The van der Waals surface area contributed by atoms with Crippen LogP contribution >= 0.6 is 23.5 Å². The Morgan fingerprint density at radius 2 is 1.00 bits per heavy atom. The largest absolute Gasteiger partial charge is 0.269 e.